The highest BCUT2D eigenvalue weighted by atomic mass is 32.1. The van der Waals surface area contributed by atoms with Gasteiger partial charge in [-0.25, -0.2) is 0 Å². The summed E-state index contributed by atoms with van der Waals surface area (Å²) in [5, 5.41) is 0. The fourth-order valence-electron chi connectivity index (χ4n) is 1.59. The normalized spacial score (nSPS) is 23.4. The lowest BCUT2D eigenvalue weighted by Gasteiger charge is -2.47. The number of aryl methyl sites for hydroxylation is 1. The summed E-state index contributed by atoms with van der Waals surface area (Å²) in [6, 6.07) is 0. The maximum absolute atomic E-state index is 6.06. The third-order valence-electron chi connectivity index (χ3n) is 3.62. The van der Waals surface area contributed by atoms with Gasteiger partial charge in [-0.1, -0.05) is 13.8 Å². The third-order valence-corrected chi connectivity index (χ3v) is 4.58. The van der Waals surface area contributed by atoms with Gasteiger partial charge in [-0.15, -0.1) is 11.3 Å². The molecule has 0 spiro atoms. The minimum absolute atomic E-state index is 0.0299. The molecule has 1 aliphatic heterocycles. The van der Waals surface area contributed by atoms with Crippen LogP contribution in [-0.2, 0) is 9.31 Å². The van der Waals surface area contributed by atoms with E-state index in [1.165, 1.54) is 0 Å². The second kappa shape index (κ2) is 3.82. The van der Waals surface area contributed by atoms with Crippen molar-refractivity contribution in [3.63, 3.8) is 0 Å². The van der Waals surface area contributed by atoms with Crippen LogP contribution < -0.4 is 4.78 Å². The lowest BCUT2D eigenvalue weighted by Crippen LogP contribution is -2.58. The van der Waals surface area contributed by atoms with Crippen molar-refractivity contribution in [2.24, 2.45) is 5.41 Å². The Morgan fingerprint density at radius 2 is 2.06 bits per heavy atom. The first-order valence-electron chi connectivity index (χ1n) is 5.53. The molecule has 0 N–H and O–H groups in total. The number of hydrogen-bond acceptors (Lipinski definition) is 4. The number of thiazole rings is 1. The van der Waals surface area contributed by atoms with Gasteiger partial charge in [-0.05, 0) is 20.8 Å². The van der Waals surface area contributed by atoms with E-state index in [2.05, 4.69) is 32.7 Å². The molecule has 2 heterocycles. The number of rotatable bonds is 1. The molecule has 1 aromatic heterocycles. The fourth-order valence-corrected chi connectivity index (χ4v) is 2.36. The van der Waals surface area contributed by atoms with Gasteiger partial charge in [0.1, 0.15) is 0 Å². The predicted molar refractivity (Wildman–Crippen MR) is 67.1 cm³/mol. The van der Waals surface area contributed by atoms with Crippen molar-refractivity contribution in [1.29, 1.82) is 0 Å². The van der Waals surface area contributed by atoms with Crippen molar-refractivity contribution >= 4 is 23.2 Å². The Morgan fingerprint density at radius 3 is 2.56 bits per heavy atom. The molecule has 2 rings (SSSR count). The highest BCUT2D eigenvalue weighted by Crippen LogP contribution is 2.38. The molecule has 16 heavy (non-hydrogen) atoms. The van der Waals surface area contributed by atoms with E-state index in [0.717, 1.165) is 10.5 Å². The first-order valence-corrected chi connectivity index (χ1v) is 6.41. The van der Waals surface area contributed by atoms with Gasteiger partial charge in [0.15, 0.2) is 0 Å². The summed E-state index contributed by atoms with van der Waals surface area (Å²) in [5.74, 6) is 0. The predicted octanol–water partition coefficient (Wildman–Crippen LogP) is 2.00. The van der Waals surface area contributed by atoms with E-state index in [-0.39, 0.29) is 18.1 Å². The van der Waals surface area contributed by atoms with E-state index in [1.807, 2.05) is 12.4 Å². The lowest BCUT2D eigenvalue weighted by atomic mass is 9.71. The first kappa shape index (κ1) is 12.1. The van der Waals surface area contributed by atoms with Crippen molar-refractivity contribution < 1.29 is 9.31 Å². The van der Waals surface area contributed by atoms with Gasteiger partial charge in [-0.3, -0.25) is 4.98 Å². The number of aromatic nitrogens is 1. The molecule has 1 saturated heterocycles. The Labute approximate surface area is 101 Å². The minimum atomic E-state index is -0.254. The summed E-state index contributed by atoms with van der Waals surface area (Å²) in [6.07, 6.45) is 0. The van der Waals surface area contributed by atoms with Crippen LogP contribution in [0.5, 0.6) is 0 Å². The Kier molecular flexibility index (Phi) is 2.89. The second-order valence-electron chi connectivity index (χ2n) is 5.46. The highest BCUT2D eigenvalue weighted by molar-refractivity contribution is 7.20. The Hall–Kier alpha value is -0.385. The van der Waals surface area contributed by atoms with E-state index in [4.69, 9.17) is 9.31 Å². The van der Waals surface area contributed by atoms with E-state index in [9.17, 15) is 0 Å². The van der Waals surface area contributed by atoms with Crippen molar-refractivity contribution in [3.8, 4) is 0 Å². The molecular weight excluding hydrogens is 221 g/mol. The molecule has 0 aromatic carbocycles. The summed E-state index contributed by atoms with van der Waals surface area (Å²) < 4.78 is 13.0. The third kappa shape index (κ3) is 1.92. The summed E-state index contributed by atoms with van der Waals surface area (Å²) in [6.45, 7) is 11.3. The summed E-state index contributed by atoms with van der Waals surface area (Å²) in [5.41, 5.74) is 2.68. The molecule has 0 amide bonds. The zero-order valence-corrected chi connectivity index (χ0v) is 11.4. The van der Waals surface area contributed by atoms with E-state index in [1.54, 1.807) is 11.3 Å². The van der Waals surface area contributed by atoms with Crippen LogP contribution in [0.4, 0.5) is 0 Å². The van der Waals surface area contributed by atoms with E-state index < -0.39 is 0 Å². The van der Waals surface area contributed by atoms with Crippen LogP contribution in [0, 0.1) is 12.3 Å². The molecule has 0 unspecified atom stereocenters. The van der Waals surface area contributed by atoms with E-state index in [0.29, 0.717) is 6.61 Å². The average Bonchev–Trinajstić information content (AvgIpc) is 2.57. The SMILES string of the molecule is Cc1ncsc1B1OCC(C)(C)C(C)(C)O1. The Bertz CT molecular complexity index is 389. The van der Waals surface area contributed by atoms with Gasteiger partial charge >= 0.3 is 7.12 Å². The molecule has 1 fully saturated rings. The Morgan fingerprint density at radius 1 is 1.38 bits per heavy atom. The second-order valence-corrected chi connectivity index (χ2v) is 6.34. The molecule has 0 saturated carbocycles. The molecule has 0 bridgehead atoms. The van der Waals surface area contributed by atoms with Gasteiger partial charge in [0.25, 0.3) is 0 Å². The maximum Gasteiger partial charge on any atom is 0.506 e. The van der Waals surface area contributed by atoms with Crippen molar-refractivity contribution in [2.75, 3.05) is 6.61 Å². The largest absolute Gasteiger partial charge is 0.506 e. The van der Waals surface area contributed by atoms with Gasteiger partial charge in [0, 0.05) is 17.7 Å². The smallest absolute Gasteiger partial charge is 0.406 e. The van der Waals surface area contributed by atoms with Crippen molar-refractivity contribution in [3.05, 3.63) is 11.2 Å². The van der Waals surface area contributed by atoms with Gasteiger partial charge in [0.05, 0.1) is 15.9 Å². The molecular formula is C11H18BNO2S. The van der Waals surface area contributed by atoms with Crippen LogP contribution in [0.2, 0.25) is 0 Å². The van der Waals surface area contributed by atoms with Crippen LogP contribution in [0.25, 0.3) is 0 Å². The minimum Gasteiger partial charge on any atom is -0.406 e. The van der Waals surface area contributed by atoms with Crippen LogP contribution in [0.1, 0.15) is 33.4 Å². The Balaban J connectivity index is 2.21. The lowest BCUT2D eigenvalue weighted by molar-refractivity contribution is -0.0935. The van der Waals surface area contributed by atoms with E-state index >= 15 is 0 Å². The maximum atomic E-state index is 6.06. The average molecular weight is 239 g/mol. The summed E-state index contributed by atoms with van der Waals surface area (Å²) >= 11 is 1.60. The highest BCUT2D eigenvalue weighted by Gasteiger charge is 2.47. The number of hydrogen-bond donors (Lipinski definition) is 0. The monoisotopic (exact) mass is 239 g/mol. The zero-order chi connectivity index (χ0) is 12.0. The number of nitrogens with zero attached hydrogens (tertiary/aromatic N) is 1. The fraction of sp³-hybridized carbons (Fsp3) is 0.727. The van der Waals surface area contributed by atoms with Crippen LogP contribution in [0.3, 0.4) is 0 Å². The standard InChI is InChI=1S/C11H18BNO2S/c1-8-9(16-7-13-8)12-14-6-10(2,3)11(4,5)15-12/h7H,6H2,1-5H3. The van der Waals surface area contributed by atoms with Gasteiger partial charge in [0.2, 0.25) is 0 Å². The van der Waals surface area contributed by atoms with Crippen LogP contribution in [0.15, 0.2) is 5.51 Å². The van der Waals surface area contributed by atoms with Crippen molar-refractivity contribution in [1.82, 2.24) is 4.98 Å². The summed E-state index contributed by atoms with van der Waals surface area (Å²) in [7, 11) is -0.254. The van der Waals surface area contributed by atoms with Crippen LogP contribution >= 0.6 is 11.3 Å². The van der Waals surface area contributed by atoms with Crippen LogP contribution in [-0.4, -0.2) is 24.3 Å². The molecule has 0 aliphatic carbocycles. The molecule has 1 aromatic rings. The topological polar surface area (TPSA) is 31.4 Å². The molecule has 0 atom stereocenters. The molecule has 0 radical (unpaired) electrons. The molecule has 88 valence electrons. The first-order chi connectivity index (χ1) is 7.33. The zero-order valence-electron chi connectivity index (χ0n) is 10.5. The van der Waals surface area contributed by atoms with Gasteiger partial charge < -0.3 is 9.31 Å². The molecule has 5 heteroatoms. The molecule has 3 nitrogen and oxygen atoms in total. The quantitative estimate of drug-likeness (QED) is 0.702. The van der Waals surface area contributed by atoms with Crippen molar-refractivity contribution in [2.45, 2.75) is 40.2 Å². The summed E-state index contributed by atoms with van der Waals surface area (Å²) in [4.78, 5) is 4.23. The van der Waals surface area contributed by atoms with Gasteiger partial charge in [-0.2, -0.15) is 0 Å². The molecule has 1 aliphatic rings.